The number of halogens is 2. The Morgan fingerprint density at radius 3 is 2.28 bits per heavy atom. The third-order valence-electron chi connectivity index (χ3n) is 6.06. The SMILES string of the molecule is O=C(COc1ccc(Cl)cc1)NC12CC(C1)[C@H](c1nc(COc3ccc(Cl)cc3)no1)C2. The average Bonchev–Trinajstić information content (AvgIpc) is 3.46. The van der Waals surface area contributed by atoms with E-state index in [1.807, 2.05) is 0 Å². The van der Waals surface area contributed by atoms with Gasteiger partial charge in [0.25, 0.3) is 5.91 Å². The highest BCUT2D eigenvalue weighted by molar-refractivity contribution is 6.30. The molecule has 0 unspecified atom stereocenters. The Morgan fingerprint density at radius 2 is 1.62 bits per heavy atom. The number of hydrogen-bond donors (Lipinski definition) is 1. The Hall–Kier alpha value is -2.77. The highest BCUT2D eigenvalue weighted by Gasteiger charge is 2.58. The zero-order chi connectivity index (χ0) is 22.1. The summed E-state index contributed by atoms with van der Waals surface area (Å²) in [5, 5.41) is 8.46. The molecule has 1 atom stereocenters. The minimum absolute atomic E-state index is 0.0363. The smallest absolute Gasteiger partial charge is 0.258 e. The summed E-state index contributed by atoms with van der Waals surface area (Å²) in [6.07, 6.45) is 2.59. The van der Waals surface area contributed by atoms with Crippen molar-refractivity contribution in [1.29, 1.82) is 0 Å². The fourth-order valence-electron chi connectivity index (χ4n) is 4.59. The van der Waals surface area contributed by atoms with Gasteiger partial charge in [0.2, 0.25) is 11.7 Å². The number of nitrogens with one attached hydrogen (secondary N) is 1. The van der Waals surface area contributed by atoms with Gasteiger partial charge in [-0.15, -0.1) is 0 Å². The van der Waals surface area contributed by atoms with Gasteiger partial charge in [0.05, 0.1) is 0 Å². The molecule has 2 bridgehead atoms. The number of benzene rings is 2. The van der Waals surface area contributed by atoms with Gasteiger partial charge in [-0.2, -0.15) is 4.98 Å². The maximum atomic E-state index is 12.4. The summed E-state index contributed by atoms with van der Waals surface area (Å²) in [5.41, 5.74) is -0.218. The normalized spacial score (nSPS) is 23.4. The molecule has 9 heteroatoms. The number of carbonyl (C=O) groups excluding carboxylic acids is 1. The molecule has 1 N–H and O–H groups in total. The molecule has 3 aromatic rings. The highest BCUT2D eigenvalue weighted by Crippen LogP contribution is 2.59. The van der Waals surface area contributed by atoms with E-state index in [-0.39, 0.29) is 30.6 Å². The molecule has 3 aliphatic carbocycles. The van der Waals surface area contributed by atoms with Gasteiger partial charge in [-0.3, -0.25) is 4.79 Å². The zero-order valence-electron chi connectivity index (χ0n) is 17.1. The van der Waals surface area contributed by atoms with Gasteiger partial charge in [0, 0.05) is 21.5 Å². The summed E-state index contributed by atoms with van der Waals surface area (Å²) in [7, 11) is 0. The van der Waals surface area contributed by atoms with Crippen molar-refractivity contribution < 1.29 is 18.8 Å². The number of aromatic nitrogens is 2. The molecule has 1 amide bonds. The first-order valence-electron chi connectivity index (χ1n) is 10.4. The summed E-state index contributed by atoms with van der Waals surface area (Å²) in [4.78, 5) is 16.9. The summed E-state index contributed by atoms with van der Waals surface area (Å²) in [5.74, 6) is 2.83. The fraction of sp³-hybridized carbons (Fsp3) is 0.348. The summed E-state index contributed by atoms with van der Waals surface area (Å²) < 4.78 is 16.7. The molecule has 3 saturated carbocycles. The molecule has 1 aromatic heterocycles. The van der Waals surface area contributed by atoms with Crippen molar-refractivity contribution in [3.05, 3.63) is 70.3 Å². The second-order valence-corrected chi connectivity index (χ2v) is 9.21. The summed E-state index contributed by atoms with van der Waals surface area (Å²) in [6, 6.07) is 14.0. The molecule has 2 aromatic carbocycles. The van der Waals surface area contributed by atoms with Gasteiger partial charge in [0.15, 0.2) is 13.2 Å². The Labute approximate surface area is 195 Å². The summed E-state index contributed by atoms with van der Waals surface area (Å²) >= 11 is 11.7. The fourth-order valence-corrected chi connectivity index (χ4v) is 4.84. The van der Waals surface area contributed by atoms with Crippen LogP contribution in [0.1, 0.15) is 36.9 Å². The van der Waals surface area contributed by atoms with Gasteiger partial charge >= 0.3 is 0 Å². The van der Waals surface area contributed by atoms with E-state index in [4.69, 9.17) is 37.2 Å². The molecule has 3 aliphatic rings. The van der Waals surface area contributed by atoms with Crippen LogP contribution in [0, 0.1) is 5.92 Å². The third-order valence-corrected chi connectivity index (χ3v) is 6.56. The molecule has 0 radical (unpaired) electrons. The van der Waals surface area contributed by atoms with E-state index in [2.05, 4.69) is 15.5 Å². The van der Waals surface area contributed by atoms with E-state index in [9.17, 15) is 4.79 Å². The van der Waals surface area contributed by atoms with Gasteiger partial charge in [0.1, 0.15) is 11.5 Å². The molecule has 1 heterocycles. The lowest BCUT2D eigenvalue weighted by Gasteiger charge is -2.39. The van der Waals surface area contributed by atoms with Crippen molar-refractivity contribution in [3.63, 3.8) is 0 Å². The predicted octanol–water partition coefficient (Wildman–Crippen LogP) is 4.79. The molecule has 0 spiro atoms. The van der Waals surface area contributed by atoms with Crippen molar-refractivity contribution in [2.24, 2.45) is 5.92 Å². The van der Waals surface area contributed by atoms with E-state index in [0.29, 0.717) is 39.2 Å². The second kappa shape index (κ2) is 8.64. The first kappa shape index (κ1) is 21.1. The van der Waals surface area contributed by atoms with Gasteiger partial charge in [-0.05, 0) is 73.7 Å². The topological polar surface area (TPSA) is 86.5 Å². The lowest BCUT2D eigenvalue weighted by atomic mass is 9.76. The summed E-state index contributed by atoms with van der Waals surface area (Å²) in [6.45, 7) is 0.178. The minimum atomic E-state index is -0.218. The number of nitrogens with zero attached hydrogens (tertiary/aromatic N) is 2. The first-order valence-corrected chi connectivity index (χ1v) is 11.1. The van der Waals surface area contributed by atoms with Crippen LogP contribution >= 0.6 is 23.2 Å². The Kier molecular flexibility index (Phi) is 5.69. The monoisotopic (exact) mass is 473 g/mol. The van der Waals surface area contributed by atoms with E-state index in [1.165, 1.54) is 0 Å². The zero-order valence-corrected chi connectivity index (χ0v) is 18.6. The molecule has 166 valence electrons. The predicted molar refractivity (Wildman–Crippen MR) is 118 cm³/mol. The van der Waals surface area contributed by atoms with Crippen LogP contribution in [0.25, 0.3) is 0 Å². The molecule has 32 heavy (non-hydrogen) atoms. The second-order valence-electron chi connectivity index (χ2n) is 8.34. The molecule has 6 rings (SSSR count). The Bertz CT molecular complexity index is 1100. The van der Waals surface area contributed by atoms with Crippen LogP contribution < -0.4 is 14.8 Å². The van der Waals surface area contributed by atoms with Crippen molar-refractivity contribution in [1.82, 2.24) is 15.5 Å². The van der Waals surface area contributed by atoms with Gasteiger partial charge in [-0.1, -0.05) is 28.4 Å². The molecule has 3 fully saturated rings. The number of ether oxygens (including phenoxy) is 2. The van der Waals surface area contributed by atoms with E-state index in [0.717, 1.165) is 19.3 Å². The van der Waals surface area contributed by atoms with Crippen molar-refractivity contribution in [2.45, 2.75) is 37.3 Å². The molecule has 0 saturated heterocycles. The number of fused-ring (bicyclic) bond motifs is 1. The van der Waals surface area contributed by atoms with Crippen molar-refractivity contribution in [2.75, 3.05) is 6.61 Å². The first-order chi connectivity index (χ1) is 15.5. The number of amides is 1. The van der Waals surface area contributed by atoms with Crippen LogP contribution in [-0.2, 0) is 11.4 Å². The van der Waals surface area contributed by atoms with Crippen LogP contribution in [0.2, 0.25) is 10.0 Å². The standard InChI is InChI=1S/C23H21Cl2N3O4/c24-15-1-5-17(6-2-15)30-12-20-26-22(32-28-20)19-11-23(9-14(19)10-23)27-21(29)13-31-18-7-3-16(25)4-8-18/h1-8,14,19H,9-13H2,(H,27,29)/t14?,19-,23?/m1/s1. The Morgan fingerprint density at radius 1 is 1.00 bits per heavy atom. The van der Waals surface area contributed by atoms with Gasteiger partial charge in [-0.25, -0.2) is 0 Å². The van der Waals surface area contributed by atoms with Crippen molar-refractivity contribution >= 4 is 29.1 Å². The third kappa shape index (κ3) is 4.54. The Balaban J connectivity index is 1.12. The molecular weight excluding hydrogens is 453 g/mol. The molecule has 7 nitrogen and oxygen atoms in total. The van der Waals surface area contributed by atoms with Crippen LogP contribution in [0.5, 0.6) is 11.5 Å². The van der Waals surface area contributed by atoms with Crippen molar-refractivity contribution in [3.8, 4) is 11.5 Å². The van der Waals surface area contributed by atoms with Gasteiger partial charge < -0.3 is 19.3 Å². The average molecular weight is 474 g/mol. The number of carbonyl (C=O) groups is 1. The molecule has 0 aliphatic heterocycles. The lowest BCUT2D eigenvalue weighted by Crippen LogP contribution is -2.53. The minimum Gasteiger partial charge on any atom is -0.485 e. The number of rotatable bonds is 8. The lowest BCUT2D eigenvalue weighted by molar-refractivity contribution is -0.125. The number of hydrogen-bond acceptors (Lipinski definition) is 6. The van der Waals surface area contributed by atoms with Crippen LogP contribution in [0.4, 0.5) is 0 Å². The quantitative estimate of drug-likeness (QED) is 0.506. The molecular formula is C23H21Cl2N3O4. The maximum Gasteiger partial charge on any atom is 0.258 e. The van der Waals surface area contributed by atoms with E-state index < -0.39 is 0 Å². The largest absolute Gasteiger partial charge is 0.485 e. The maximum absolute atomic E-state index is 12.4. The van der Waals surface area contributed by atoms with Crippen LogP contribution in [0.15, 0.2) is 53.1 Å². The van der Waals surface area contributed by atoms with E-state index in [1.54, 1.807) is 48.5 Å². The van der Waals surface area contributed by atoms with Crippen LogP contribution in [-0.4, -0.2) is 28.2 Å². The van der Waals surface area contributed by atoms with Crippen LogP contribution in [0.3, 0.4) is 0 Å². The highest BCUT2D eigenvalue weighted by atomic mass is 35.5. The van der Waals surface area contributed by atoms with E-state index >= 15 is 0 Å².